The van der Waals surface area contributed by atoms with Crippen LogP contribution in [0.5, 0.6) is 0 Å². The van der Waals surface area contributed by atoms with Crippen molar-refractivity contribution in [1.82, 2.24) is 5.32 Å². The van der Waals surface area contributed by atoms with Gasteiger partial charge in [-0.1, -0.05) is 0 Å². The molecule has 0 radical (unpaired) electrons. The van der Waals surface area contributed by atoms with E-state index in [2.05, 4.69) is 17.6 Å². The third-order valence-electron chi connectivity index (χ3n) is 4.00. The molecule has 102 valence electrons. The molecular weight excluding hydrogens is 256 g/mol. The monoisotopic (exact) mass is 276 g/mol. The minimum Gasteiger partial charge on any atom is -0.384 e. The molecule has 1 atom stereocenters. The number of rotatable bonds is 3. The molecule has 2 aliphatic heterocycles. The Kier molecular flexibility index (Phi) is 3.44. The molecule has 0 aliphatic carbocycles. The smallest absolute Gasteiger partial charge is 0.251 e. The van der Waals surface area contributed by atoms with Crippen LogP contribution >= 0.6 is 11.8 Å². The minimum atomic E-state index is 0.0587. The van der Waals surface area contributed by atoms with E-state index < -0.39 is 0 Å². The van der Waals surface area contributed by atoms with Crippen LogP contribution < -0.4 is 10.6 Å². The zero-order valence-corrected chi connectivity index (χ0v) is 12.1. The SMILES string of the molecule is CC1(CNC(=O)c2ccc3c(c2)CCN3)CCCS1. The van der Waals surface area contributed by atoms with Gasteiger partial charge >= 0.3 is 0 Å². The number of hydrogen-bond acceptors (Lipinski definition) is 3. The van der Waals surface area contributed by atoms with Crippen LogP contribution in [0.25, 0.3) is 0 Å². The Hall–Kier alpha value is -1.16. The number of hydrogen-bond donors (Lipinski definition) is 2. The van der Waals surface area contributed by atoms with Crippen molar-refractivity contribution in [1.29, 1.82) is 0 Å². The van der Waals surface area contributed by atoms with Crippen LogP contribution in [0, 0.1) is 0 Å². The second-order valence-electron chi connectivity index (χ2n) is 5.63. The Morgan fingerprint density at radius 1 is 1.53 bits per heavy atom. The van der Waals surface area contributed by atoms with Crippen LogP contribution in [0.2, 0.25) is 0 Å². The molecule has 2 N–H and O–H groups in total. The van der Waals surface area contributed by atoms with E-state index in [1.54, 1.807) is 0 Å². The summed E-state index contributed by atoms with van der Waals surface area (Å²) >= 11 is 1.98. The summed E-state index contributed by atoms with van der Waals surface area (Å²) in [6.45, 7) is 4.00. The Bertz CT molecular complexity index is 495. The number of carbonyl (C=O) groups excluding carboxylic acids is 1. The molecule has 0 aromatic heterocycles. The van der Waals surface area contributed by atoms with E-state index in [4.69, 9.17) is 0 Å². The van der Waals surface area contributed by atoms with Gasteiger partial charge in [-0.2, -0.15) is 11.8 Å². The third-order valence-corrected chi connectivity index (χ3v) is 5.54. The Morgan fingerprint density at radius 3 is 3.21 bits per heavy atom. The minimum absolute atomic E-state index is 0.0587. The second kappa shape index (κ2) is 5.08. The lowest BCUT2D eigenvalue weighted by Crippen LogP contribution is -2.36. The first-order chi connectivity index (χ1) is 9.16. The first kappa shape index (κ1) is 12.9. The van der Waals surface area contributed by atoms with E-state index in [9.17, 15) is 4.79 Å². The first-order valence-electron chi connectivity index (χ1n) is 6.95. The Morgan fingerprint density at radius 2 is 2.42 bits per heavy atom. The molecule has 2 heterocycles. The lowest BCUT2D eigenvalue weighted by atomic mass is 10.0. The molecule has 1 fully saturated rings. The van der Waals surface area contributed by atoms with Crippen molar-refractivity contribution in [3.05, 3.63) is 29.3 Å². The standard InChI is InChI=1S/C15H20N2OS/c1-15(6-2-8-19-15)10-17-14(18)12-3-4-13-11(9-12)5-7-16-13/h3-4,9,16H,2,5-8,10H2,1H3,(H,17,18). The highest BCUT2D eigenvalue weighted by molar-refractivity contribution is 8.00. The molecule has 4 heteroatoms. The van der Waals surface area contributed by atoms with Gasteiger partial charge in [0.05, 0.1) is 0 Å². The number of carbonyl (C=O) groups is 1. The van der Waals surface area contributed by atoms with Crippen LogP contribution in [0.3, 0.4) is 0 Å². The molecule has 1 amide bonds. The fraction of sp³-hybridized carbons (Fsp3) is 0.533. The average molecular weight is 276 g/mol. The highest BCUT2D eigenvalue weighted by atomic mass is 32.2. The molecule has 0 bridgehead atoms. The summed E-state index contributed by atoms with van der Waals surface area (Å²) in [4.78, 5) is 12.2. The molecule has 1 aromatic rings. The van der Waals surface area contributed by atoms with Crippen LogP contribution in [0.15, 0.2) is 18.2 Å². The van der Waals surface area contributed by atoms with E-state index in [0.717, 1.165) is 25.1 Å². The maximum atomic E-state index is 12.2. The third kappa shape index (κ3) is 2.73. The normalized spacial score (nSPS) is 24.9. The largest absolute Gasteiger partial charge is 0.384 e. The van der Waals surface area contributed by atoms with Crippen molar-refractivity contribution >= 4 is 23.4 Å². The van der Waals surface area contributed by atoms with Crippen molar-refractivity contribution in [3.63, 3.8) is 0 Å². The van der Waals surface area contributed by atoms with Crippen LogP contribution in [-0.4, -0.2) is 29.5 Å². The molecule has 3 rings (SSSR count). The van der Waals surface area contributed by atoms with Gasteiger partial charge in [-0.05, 0) is 55.7 Å². The summed E-state index contributed by atoms with van der Waals surface area (Å²) in [6.07, 6.45) is 3.48. The molecule has 1 aromatic carbocycles. The predicted molar refractivity (Wildman–Crippen MR) is 81.1 cm³/mol. The van der Waals surface area contributed by atoms with Gasteiger partial charge < -0.3 is 10.6 Å². The Balaban J connectivity index is 1.64. The fourth-order valence-corrected chi connectivity index (χ4v) is 4.04. The molecule has 1 unspecified atom stereocenters. The van der Waals surface area contributed by atoms with Gasteiger partial charge in [0.2, 0.25) is 0 Å². The Labute approximate surface area is 118 Å². The van der Waals surface area contributed by atoms with Gasteiger partial charge in [0.25, 0.3) is 5.91 Å². The predicted octanol–water partition coefficient (Wildman–Crippen LogP) is 2.67. The molecular formula is C15H20N2OS. The highest BCUT2D eigenvalue weighted by Gasteiger charge is 2.29. The lowest BCUT2D eigenvalue weighted by Gasteiger charge is -2.22. The van der Waals surface area contributed by atoms with Gasteiger partial charge in [0.1, 0.15) is 0 Å². The van der Waals surface area contributed by atoms with Gasteiger partial charge in [-0.3, -0.25) is 4.79 Å². The molecule has 0 saturated carbocycles. The van der Waals surface area contributed by atoms with Crippen molar-refractivity contribution in [3.8, 4) is 0 Å². The van der Waals surface area contributed by atoms with Crippen LogP contribution in [0.1, 0.15) is 35.7 Å². The summed E-state index contributed by atoms with van der Waals surface area (Å²) in [5, 5.41) is 6.41. The quantitative estimate of drug-likeness (QED) is 0.892. The van der Waals surface area contributed by atoms with Crippen molar-refractivity contribution in [2.24, 2.45) is 0 Å². The number of fused-ring (bicyclic) bond motifs is 1. The summed E-state index contributed by atoms with van der Waals surface area (Å²) in [6, 6.07) is 5.95. The van der Waals surface area contributed by atoms with Gasteiger partial charge in [0, 0.05) is 29.1 Å². The van der Waals surface area contributed by atoms with Crippen LogP contribution in [0.4, 0.5) is 5.69 Å². The maximum absolute atomic E-state index is 12.2. The van der Waals surface area contributed by atoms with Gasteiger partial charge in [0.15, 0.2) is 0 Å². The number of anilines is 1. The first-order valence-corrected chi connectivity index (χ1v) is 7.94. The molecule has 2 aliphatic rings. The number of amides is 1. The number of thioether (sulfide) groups is 1. The van der Waals surface area contributed by atoms with E-state index in [-0.39, 0.29) is 10.7 Å². The summed E-state index contributed by atoms with van der Waals surface area (Å²) < 4.78 is 0.230. The van der Waals surface area contributed by atoms with Crippen molar-refractivity contribution in [2.75, 3.05) is 24.2 Å². The lowest BCUT2D eigenvalue weighted by molar-refractivity contribution is 0.0950. The summed E-state index contributed by atoms with van der Waals surface area (Å²) in [7, 11) is 0. The summed E-state index contributed by atoms with van der Waals surface area (Å²) in [5.41, 5.74) is 3.22. The molecule has 19 heavy (non-hydrogen) atoms. The summed E-state index contributed by atoms with van der Waals surface area (Å²) in [5.74, 6) is 1.28. The highest BCUT2D eigenvalue weighted by Crippen LogP contribution is 2.37. The number of benzene rings is 1. The zero-order valence-electron chi connectivity index (χ0n) is 11.3. The van der Waals surface area contributed by atoms with Crippen molar-refractivity contribution in [2.45, 2.75) is 30.9 Å². The van der Waals surface area contributed by atoms with Crippen molar-refractivity contribution < 1.29 is 4.79 Å². The number of nitrogens with one attached hydrogen (secondary N) is 2. The molecule has 0 spiro atoms. The second-order valence-corrected chi connectivity index (χ2v) is 7.32. The maximum Gasteiger partial charge on any atom is 0.251 e. The zero-order chi connectivity index (χ0) is 13.3. The molecule has 1 saturated heterocycles. The topological polar surface area (TPSA) is 41.1 Å². The van der Waals surface area contributed by atoms with E-state index in [1.165, 1.54) is 29.8 Å². The molecule has 3 nitrogen and oxygen atoms in total. The van der Waals surface area contributed by atoms with E-state index in [1.807, 2.05) is 30.0 Å². The van der Waals surface area contributed by atoms with Gasteiger partial charge in [-0.15, -0.1) is 0 Å². The van der Waals surface area contributed by atoms with E-state index in [0.29, 0.717) is 0 Å². The van der Waals surface area contributed by atoms with E-state index >= 15 is 0 Å². The van der Waals surface area contributed by atoms with Gasteiger partial charge in [-0.25, -0.2) is 0 Å². The average Bonchev–Trinajstić information content (AvgIpc) is 3.04. The van der Waals surface area contributed by atoms with Crippen LogP contribution in [-0.2, 0) is 6.42 Å². The fourth-order valence-electron chi connectivity index (χ4n) is 2.79.